The number of carbonyl (C=O) groups excluding carboxylic acids is 2. The minimum Gasteiger partial charge on any atom is -0.399 e. The first-order chi connectivity index (χ1) is 29.8. The molecule has 1 fully saturated rings. The van der Waals surface area contributed by atoms with Crippen molar-refractivity contribution in [3.8, 4) is 11.3 Å². The number of aromatic nitrogens is 6. The topological polar surface area (TPSA) is 130 Å². The van der Waals surface area contributed by atoms with Gasteiger partial charge in [-0.25, -0.2) is 29.9 Å². The fourth-order valence-corrected chi connectivity index (χ4v) is 8.69. The highest BCUT2D eigenvalue weighted by Gasteiger charge is 2.51. The number of aryl methyl sites for hydroxylation is 4. The van der Waals surface area contributed by atoms with Crippen LogP contribution in [0.3, 0.4) is 0 Å². The van der Waals surface area contributed by atoms with E-state index in [0.29, 0.717) is 34.7 Å². The lowest BCUT2D eigenvalue weighted by molar-refractivity contribution is 0.00578. The summed E-state index contributed by atoms with van der Waals surface area (Å²) < 4.78 is 12.3. The third kappa shape index (κ3) is 13.8. The third-order valence-electron chi connectivity index (χ3n) is 10.9. The van der Waals surface area contributed by atoms with Gasteiger partial charge in [0.1, 0.15) is 28.1 Å². The Labute approximate surface area is 401 Å². The number of ketones is 2. The number of carbonyl (C=O) groups is 2. The smallest absolute Gasteiger partial charge is 0.399 e. The summed E-state index contributed by atoms with van der Waals surface area (Å²) in [6.07, 6.45) is 8.60. The van der Waals surface area contributed by atoms with Gasteiger partial charge in [-0.15, -0.1) is 22.7 Å². The quantitative estimate of drug-likeness (QED) is 0.0743. The zero-order valence-electron chi connectivity index (χ0n) is 38.6. The van der Waals surface area contributed by atoms with Crippen LogP contribution >= 0.6 is 57.5 Å². The van der Waals surface area contributed by atoms with Crippen LogP contribution in [0, 0.1) is 13.8 Å². The van der Waals surface area contributed by atoms with Gasteiger partial charge >= 0.3 is 7.12 Å². The molecule has 0 atom stereocenters. The molecule has 2 aromatic carbocycles. The van der Waals surface area contributed by atoms with Crippen LogP contribution in [-0.2, 0) is 33.0 Å². The molecule has 7 rings (SSSR count). The zero-order chi connectivity index (χ0) is 47.2. The predicted molar refractivity (Wildman–Crippen MR) is 263 cm³/mol. The van der Waals surface area contributed by atoms with Crippen molar-refractivity contribution < 1.29 is 18.9 Å². The number of hydrogen-bond acceptors (Lipinski definition) is 12. The summed E-state index contributed by atoms with van der Waals surface area (Å²) in [6.45, 7) is 25.0. The average molecular weight is 962 g/mol. The van der Waals surface area contributed by atoms with Crippen LogP contribution in [0.1, 0.15) is 134 Å². The van der Waals surface area contributed by atoms with Crippen LogP contribution in [0.15, 0.2) is 73.6 Å². The van der Waals surface area contributed by atoms with Gasteiger partial charge in [0, 0.05) is 53.8 Å². The second-order valence-corrected chi connectivity index (χ2v) is 21.9. The SMILES string of the molecule is Cc1cc(-c2cc(Cl)ncn2)ccc1CCC(=O)c1cnc(C(C)(C)C)s1.Cc1cc(B2OC(C)(C)C(C)(C)O2)ccc1CCC(=O)c1cnc(C(C)(C)C)s1.Clc1cc(Cl)ncn1. The fourth-order valence-electron chi connectivity index (χ4n) is 6.31. The number of rotatable bonds is 10. The van der Waals surface area contributed by atoms with Gasteiger partial charge in [-0.05, 0) is 88.2 Å². The van der Waals surface area contributed by atoms with Crippen molar-refractivity contribution in [3.63, 3.8) is 0 Å². The molecule has 0 unspecified atom stereocenters. The standard InChI is InChI=1S/C23H32BNO3S.C21H22ClN3OS.C4H2Cl2N2/c1-15-13-17(24-27-22(5,6)23(7,8)28-24)11-9-16(15)10-12-18(26)19-14-25-20(29-19)21(2,3)4;1-13-9-15(16-10-19(22)25-12-24-16)6-5-14(13)7-8-17(26)18-11-23-20(27-18)21(2,3)4;5-3-1-4(6)8-2-7-3/h9,11,13-14H,10,12H2,1-8H3;5-6,9-12H,7-8H2,1-4H3;1-2H. The fraction of sp³-hybridized carbons (Fsp3) is 0.417. The first kappa shape index (κ1) is 51.0. The molecule has 10 nitrogen and oxygen atoms in total. The largest absolute Gasteiger partial charge is 0.494 e. The summed E-state index contributed by atoms with van der Waals surface area (Å²) >= 11 is 19.8. The van der Waals surface area contributed by atoms with E-state index in [1.54, 1.807) is 18.5 Å². The van der Waals surface area contributed by atoms with E-state index in [4.69, 9.17) is 44.1 Å². The Hall–Kier alpha value is -3.95. The molecule has 0 amide bonds. The minimum atomic E-state index is -0.359. The molecule has 16 heteroatoms. The predicted octanol–water partition coefficient (Wildman–Crippen LogP) is 12.3. The van der Waals surface area contributed by atoms with Gasteiger partial charge < -0.3 is 9.31 Å². The molecular formula is C48H56BCl3N6O4S2. The van der Waals surface area contributed by atoms with Crippen LogP contribution in [0.25, 0.3) is 11.3 Å². The van der Waals surface area contributed by atoms with E-state index >= 15 is 0 Å². The number of Topliss-reactive ketones (excluding diaryl/α,β-unsaturated/α-hetero) is 2. The van der Waals surface area contributed by atoms with Crippen LogP contribution in [0.2, 0.25) is 15.5 Å². The second kappa shape index (κ2) is 21.1. The van der Waals surface area contributed by atoms with Crippen molar-refractivity contribution >= 4 is 81.6 Å². The van der Waals surface area contributed by atoms with Gasteiger partial charge in [-0.3, -0.25) is 9.59 Å². The molecule has 1 saturated heterocycles. The van der Waals surface area contributed by atoms with Crippen molar-refractivity contribution in [1.29, 1.82) is 0 Å². The number of hydrogen-bond donors (Lipinski definition) is 0. The van der Waals surface area contributed by atoms with E-state index in [1.807, 2.05) is 6.07 Å². The van der Waals surface area contributed by atoms with E-state index in [0.717, 1.165) is 59.6 Å². The first-order valence-corrected chi connectivity index (χ1v) is 23.7. The Morgan fingerprint density at radius 3 is 1.44 bits per heavy atom. The van der Waals surface area contributed by atoms with Gasteiger partial charge in [0.2, 0.25) is 0 Å². The second-order valence-electron chi connectivity index (χ2n) is 18.7. The molecule has 1 aliphatic heterocycles. The third-order valence-corrected chi connectivity index (χ3v) is 14.4. The summed E-state index contributed by atoms with van der Waals surface area (Å²) in [5.41, 5.74) is 6.68. The maximum Gasteiger partial charge on any atom is 0.494 e. The molecular weight excluding hydrogens is 906 g/mol. The summed E-state index contributed by atoms with van der Waals surface area (Å²) in [5.74, 6) is 0.307. The molecule has 64 heavy (non-hydrogen) atoms. The van der Waals surface area contributed by atoms with Crippen molar-refractivity contribution in [2.45, 2.75) is 131 Å². The normalized spacial score (nSPS) is 14.3. The lowest BCUT2D eigenvalue weighted by Crippen LogP contribution is -2.41. The summed E-state index contributed by atoms with van der Waals surface area (Å²) in [7, 11) is -0.359. The van der Waals surface area contributed by atoms with E-state index < -0.39 is 0 Å². The average Bonchev–Trinajstić information content (AvgIpc) is 3.96. The molecule has 1 aliphatic rings. The Kier molecular flexibility index (Phi) is 16.9. The van der Waals surface area contributed by atoms with Crippen LogP contribution in [0.5, 0.6) is 0 Å². The molecule has 0 radical (unpaired) electrons. The number of thiazole rings is 2. The molecule has 6 aromatic rings. The van der Waals surface area contributed by atoms with Crippen LogP contribution in [0.4, 0.5) is 0 Å². The maximum atomic E-state index is 12.6. The summed E-state index contributed by atoms with van der Waals surface area (Å²) in [6, 6.07) is 15.6. The van der Waals surface area contributed by atoms with Crippen molar-refractivity contribution in [2.75, 3.05) is 0 Å². The van der Waals surface area contributed by atoms with Gasteiger partial charge in [0.25, 0.3) is 0 Å². The molecule has 0 bridgehead atoms. The molecule has 0 saturated carbocycles. The van der Waals surface area contributed by atoms with E-state index in [1.165, 1.54) is 47.0 Å². The lowest BCUT2D eigenvalue weighted by atomic mass is 9.77. The van der Waals surface area contributed by atoms with Crippen molar-refractivity contribution in [2.24, 2.45) is 0 Å². The summed E-state index contributed by atoms with van der Waals surface area (Å²) in [4.78, 5) is 50.9. The molecule has 0 N–H and O–H groups in total. The molecule has 5 heterocycles. The highest BCUT2D eigenvalue weighted by Crippen LogP contribution is 2.37. The van der Waals surface area contributed by atoms with Crippen LogP contribution < -0.4 is 5.46 Å². The highest BCUT2D eigenvalue weighted by molar-refractivity contribution is 7.14. The number of nitrogens with zero attached hydrogens (tertiary/aromatic N) is 6. The molecule has 0 aliphatic carbocycles. The maximum absolute atomic E-state index is 12.6. The molecule has 338 valence electrons. The van der Waals surface area contributed by atoms with Crippen molar-refractivity contribution in [3.05, 3.63) is 131 Å². The number of halogens is 3. The monoisotopic (exact) mass is 960 g/mol. The Morgan fingerprint density at radius 2 is 1.05 bits per heavy atom. The molecule has 4 aromatic heterocycles. The van der Waals surface area contributed by atoms with Gasteiger partial charge in [0.15, 0.2) is 11.6 Å². The van der Waals surface area contributed by atoms with E-state index in [-0.39, 0.29) is 40.7 Å². The lowest BCUT2D eigenvalue weighted by Gasteiger charge is -2.32. The highest BCUT2D eigenvalue weighted by atomic mass is 35.5. The zero-order valence-corrected chi connectivity index (χ0v) is 42.5. The first-order valence-electron chi connectivity index (χ1n) is 21.0. The van der Waals surface area contributed by atoms with Gasteiger partial charge in [-0.1, -0.05) is 107 Å². The van der Waals surface area contributed by atoms with Gasteiger partial charge in [0.05, 0.1) is 36.7 Å². The van der Waals surface area contributed by atoms with Crippen LogP contribution in [-0.4, -0.2) is 59.8 Å². The van der Waals surface area contributed by atoms with Gasteiger partial charge in [-0.2, -0.15) is 0 Å². The Bertz CT molecular complexity index is 2550. The van der Waals surface area contributed by atoms with E-state index in [2.05, 4.69) is 143 Å². The van der Waals surface area contributed by atoms with E-state index in [9.17, 15) is 9.59 Å². The Morgan fingerprint density at radius 1 is 0.609 bits per heavy atom. The summed E-state index contributed by atoms with van der Waals surface area (Å²) in [5, 5.41) is 3.15. The van der Waals surface area contributed by atoms with Crippen molar-refractivity contribution in [1.82, 2.24) is 29.9 Å². The number of benzene rings is 2. The Balaban J connectivity index is 0.000000205. The molecule has 0 spiro atoms. The minimum absolute atomic E-state index is 0.0247.